The van der Waals surface area contributed by atoms with Crippen LogP contribution in [0.3, 0.4) is 0 Å². The summed E-state index contributed by atoms with van der Waals surface area (Å²) < 4.78 is 30.2. The third-order valence-corrected chi connectivity index (χ3v) is 6.64. The van der Waals surface area contributed by atoms with E-state index >= 15 is 0 Å². The first kappa shape index (κ1) is 19.2. The molecule has 0 amide bonds. The minimum Gasteiger partial charge on any atom is -0.265 e. The van der Waals surface area contributed by atoms with E-state index in [0.29, 0.717) is 17.1 Å². The Labute approximate surface area is 170 Å². The largest absolute Gasteiger partial charge is 0.265 e. The van der Waals surface area contributed by atoms with Gasteiger partial charge in [0.15, 0.2) is 0 Å². The Morgan fingerprint density at radius 2 is 1.82 bits per heavy atom. The fourth-order valence-electron chi connectivity index (χ4n) is 3.69. The summed E-state index contributed by atoms with van der Waals surface area (Å²) in [6, 6.07) is 16.8. The summed E-state index contributed by atoms with van der Waals surface area (Å²) in [5.74, 6) is -0.0614. The van der Waals surface area contributed by atoms with Gasteiger partial charge in [0.05, 0.1) is 24.5 Å². The molecule has 1 heterocycles. The second-order valence-electron chi connectivity index (χ2n) is 7.14. The van der Waals surface area contributed by atoms with Crippen molar-refractivity contribution < 1.29 is 8.42 Å². The van der Waals surface area contributed by atoms with Gasteiger partial charge in [0.2, 0.25) is 10.0 Å². The second-order valence-corrected chi connectivity index (χ2v) is 9.33. The van der Waals surface area contributed by atoms with Crippen molar-refractivity contribution in [3.8, 4) is 0 Å². The highest BCUT2D eigenvalue weighted by atomic mass is 35.5. The third-order valence-electron chi connectivity index (χ3n) is 5.03. The number of aromatic nitrogens is 2. The lowest BCUT2D eigenvalue weighted by molar-refractivity contribution is 0.493. The zero-order chi connectivity index (χ0) is 19.6. The van der Waals surface area contributed by atoms with Crippen LogP contribution in [0.1, 0.15) is 41.3 Å². The fraction of sp³-hybridized carbons (Fsp3) is 0.286. The van der Waals surface area contributed by atoms with Crippen LogP contribution in [0.5, 0.6) is 0 Å². The van der Waals surface area contributed by atoms with Crippen LogP contribution in [-0.2, 0) is 28.7 Å². The Morgan fingerprint density at radius 1 is 1.07 bits per heavy atom. The van der Waals surface area contributed by atoms with Crippen molar-refractivity contribution in [3.05, 3.63) is 88.2 Å². The number of halogens is 1. The van der Waals surface area contributed by atoms with Crippen LogP contribution in [0.25, 0.3) is 0 Å². The van der Waals surface area contributed by atoms with Crippen LogP contribution in [-0.4, -0.2) is 18.2 Å². The molecule has 0 saturated carbocycles. The smallest absolute Gasteiger partial charge is 0.216 e. The van der Waals surface area contributed by atoms with Crippen molar-refractivity contribution in [2.45, 2.75) is 37.6 Å². The molecule has 0 bridgehead atoms. The minimum atomic E-state index is -3.47. The average Bonchev–Trinajstić information content (AvgIpc) is 3.08. The van der Waals surface area contributed by atoms with Crippen LogP contribution in [0.2, 0.25) is 5.02 Å². The van der Waals surface area contributed by atoms with Crippen LogP contribution in [0.15, 0.2) is 60.8 Å². The van der Waals surface area contributed by atoms with Crippen molar-refractivity contribution in [1.82, 2.24) is 14.5 Å². The fourth-order valence-corrected chi connectivity index (χ4v) is 5.21. The highest BCUT2D eigenvalue weighted by Gasteiger charge is 2.28. The van der Waals surface area contributed by atoms with Gasteiger partial charge in [-0.2, -0.15) is 5.10 Å². The van der Waals surface area contributed by atoms with Crippen molar-refractivity contribution in [2.24, 2.45) is 0 Å². The molecule has 5 nitrogen and oxygen atoms in total. The Kier molecular flexibility index (Phi) is 5.53. The number of nitrogens with zero attached hydrogens (tertiary/aromatic N) is 2. The van der Waals surface area contributed by atoms with E-state index in [4.69, 9.17) is 11.6 Å². The van der Waals surface area contributed by atoms with Gasteiger partial charge in [-0.1, -0.05) is 54.1 Å². The topological polar surface area (TPSA) is 64.0 Å². The highest BCUT2D eigenvalue weighted by Crippen LogP contribution is 2.31. The highest BCUT2D eigenvalue weighted by molar-refractivity contribution is 7.88. The molecule has 0 fully saturated rings. The summed E-state index contributed by atoms with van der Waals surface area (Å²) in [5, 5.41) is 5.13. The molecule has 1 unspecified atom stereocenters. The van der Waals surface area contributed by atoms with Crippen molar-refractivity contribution in [1.29, 1.82) is 0 Å². The van der Waals surface area contributed by atoms with Gasteiger partial charge >= 0.3 is 0 Å². The molecule has 1 aromatic heterocycles. The maximum absolute atomic E-state index is 12.7. The first-order valence-electron chi connectivity index (χ1n) is 9.33. The minimum absolute atomic E-state index is 0.0614. The molecule has 2 aromatic carbocycles. The second kappa shape index (κ2) is 8.07. The van der Waals surface area contributed by atoms with E-state index in [9.17, 15) is 8.42 Å². The molecule has 1 N–H and O–H groups in total. The lowest BCUT2D eigenvalue weighted by Crippen LogP contribution is -2.32. The maximum atomic E-state index is 12.7. The number of benzene rings is 2. The zero-order valence-electron chi connectivity index (χ0n) is 15.4. The number of sulfonamides is 1. The monoisotopic (exact) mass is 415 g/mol. The van der Waals surface area contributed by atoms with E-state index in [1.54, 1.807) is 24.3 Å². The molecule has 0 aliphatic heterocycles. The lowest BCUT2D eigenvalue weighted by atomic mass is 9.94. The van der Waals surface area contributed by atoms with Gasteiger partial charge in [0.1, 0.15) is 0 Å². The molecule has 0 saturated heterocycles. The van der Waals surface area contributed by atoms with Crippen LogP contribution < -0.4 is 4.72 Å². The first-order valence-corrected chi connectivity index (χ1v) is 11.4. The quantitative estimate of drug-likeness (QED) is 0.659. The van der Waals surface area contributed by atoms with Crippen molar-refractivity contribution in [3.63, 3.8) is 0 Å². The molecule has 0 spiro atoms. The molecule has 3 aromatic rings. The van der Waals surface area contributed by atoms with Gasteiger partial charge in [-0.3, -0.25) is 4.68 Å². The van der Waals surface area contributed by atoms with E-state index in [2.05, 4.69) is 22.0 Å². The molecule has 1 aliphatic rings. The average molecular weight is 416 g/mol. The van der Waals surface area contributed by atoms with Gasteiger partial charge in [0, 0.05) is 16.3 Å². The Morgan fingerprint density at radius 3 is 2.57 bits per heavy atom. The molecule has 1 aliphatic carbocycles. The summed E-state index contributed by atoms with van der Waals surface area (Å²) in [4.78, 5) is 0. The summed E-state index contributed by atoms with van der Waals surface area (Å²) >= 11 is 5.88. The predicted octanol–water partition coefficient (Wildman–Crippen LogP) is 4.08. The SMILES string of the molecule is O=S(=O)(Cc1ccc(Cl)cc1)NC1CCCc2c1cnn2Cc1ccccc1. The van der Waals surface area contributed by atoms with E-state index < -0.39 is 10.0 Å². The Hall–Kier alpha value is -2.15. The number of hydrogen-bond donors (Lipinski definition) is 1. The standard InChI is InChI=1S/C21H22ClN3O2S/c22-18-11-9-17(10-12-18)15-28(26,27)24-20-7-4-8-21-19(20)13-23-25(21)14-16-5-2-1-3-6-16/h1-3,5-6,9-13,20,24H,4,7-8,14-15H2. The van der Waals surface area contributed by atoms with Crippen molar-refractivity contribution >= 4 is 21.6 Å². The van der Waals surface area contributed by atoms with E-state index in [1.807, 2.05) is 29.1 Å². The van der Waals surface area contributed by atoms with Gasteiger partial charge in [-0.05, 0) is 42.5 Å². The molecule has 1 atom stereocenters. The Balaban J connectivity index is 1.51. The molecular weight excluding hydrogens is 394 g/mol. The first-order chi connectivity index (χ1) is 13.5. The van der Waals surface area contributed by atoms with Crippen molar-refractivity contribution in [2.75, 3.05) is 0 Å². The molecule has 146 valence electrons. The van der Waals surface area contributed by atoms with E-state index in [0.717, 1.165) is 30.5 Å². The molecule has 0 radical (unpaired) electrons. The maximum Gasteiger partial charge on any atom is 0.216 e. The number of fused-ring (bicyclic) bond motifs is 1. The van der Waals surface area contributed by atoms with E-state index in [1.165, 1.54) is 5.56 Å². The van der Waals surface area contributed by atoms with Crippen LogP contribution in [0, 0.1) is 0 Å². The zero-order valence-corrected chi connectivity index (χ0v) is 17.0. The molecule has 4 rings (SSSR count). The molecule has 7 heteroatoms. The Bertz CT molecular complexity index is 1050. The number of hydrogen-bond acceptors (Lipinski definition) is 3. The number of rotatable bonds is 6. The number of nitrogens with one attached hydrogen (secondary N) is 1. The molecular formula is C21H22ClN3O2S. The summed E-state index contributed by atoms with van der Waals surface area (Å²) in [6.45, 7) is 0.695. The normalized spacial score (nSPS) is 16.7. The summed E-state index contributed by atoms with van der Waals surface area (Å²) in [7, 11) is -3.47. The van der Waals surface area contributed by atoms with Gasteiger partial charge < -0.3 is 0 Å². The lowest BCUT2D eigenvalue weighted by Gasteiger charge is -2.24. The van der Waals surface area contributed by atoms with Gasteiger partial charge in [-0.15, -0.1) is 0 Å². The summed E-state index contributed by atoms with van der Waals surface area (Å²) in [5.41, 5.74) is 4.00. The van der Waals surface area contributed by atoms with E-state index in [-0.39, 0.29) is 11.8 Å². The predicted molar refractivity (Wildman–Crippen MR) is 111 cm³/mol. The van der Waals surface area contributed by atoms with Gasteiger partial charge in [0.25, 0.3) is 0 Å². The van der Waals surface area contributed by atoms with Crippen LogP contribution >= 0.6 is 11.6 Å². The molecule has 28 heavy (non-hydrogen) atoms. The third kappa shape index (κ3) is 4.46. The van der Waals surface area contributed by atoms with Gasteiger partial charge in [-0.25, -0.2) is 13.1 Å². The van der Waals surface area contributed by atoms with Crippen LogP contribution in [0.4, 0.5) is 0 Å². The summed E-state index contributed by atoms with van der Waals surface area (Å²) in [6.07, 6.45) is 4.44.